The summed E-state index contributed by atoms with van der Waals surface area (Å²) in [6, 6.07) is 1.56. The number of pyridine rings is 1. The number of nitrogens with zero attached hydrogens (tertiary/aromatic N) is 3. The lowest BCUT2D eigenvalue weighted by Crippen LogP contribution is -2.50. The Hall–Kier alpha value is -1.18. The number of sulfonamides is 1. The van der Waals surface area contributed by atoms with Crippen molar-refractivity contribution in [2.75, 3.05) is 32.4 Å². The van der Waals surface area contributed by atoms with Crippen molar-refractivity contribution in [3.63, 3.8) is 0 Å². The largest absolute Gasteiger partial charge is 0.336 e. The molecule has 19 heavy (non-hydrogen) atoms. The normalized spacial score (nSPS) is 17.5. The number of carbonyl (C=O) groups excluding carboxylic acids is 1. The fourth-order valence-corrected chi connectivity index (χ4v) is 2.94. The molecule has 0 spiro atoms. The van der Waals surface area contributed by atoms with Crippen LogP contribution in [0, 0.1) is 0 Å². The average molecular weight is 304 g/mol. The topological polar surface area (TPSA) is 70.6 Å². The van der Waals surface area contributed by atoms with Crippen LogP contribution in [0.25, 0.3) is 0 Å². The van der Waals surface area contributed by atoms with Gasteiger partial charge in [0.2, 0.25) is 10.0 Å². The Labute approximate surface area is 117 Å². The van der Waals surface area contributed by atoms with Crippen LogP contribution in [0.2, 0.25) is 5.02 Å². The summed E-state index contributed by atoms with van der Waals surface area (Å²) in [6.07, 6.45) is 4.11. The van der Waals surface area contributed by atoms with Gasteiger partial charge in [-0.1, -0.05) is 11.6 Å². The molecular formula is C11H14ClN3O3S. The van der Waals surface area contributed by atoms with Gasteiger partial charge in [-0.3, -0.25) is 9.78 Å². The summed E-state index contributed by atoms with van der Waals surface area (Å²) in [5, 5.41) is 0.352. The third kappa shape index (κ3) is 3.23. The molecule has 2 heterocycles. The van der Waals surface area contributed by atoms with Crippen molar-refractivity contribution in [2.24, 2.45) is 0 Å². The summed E-state index contributed by atoms with van der Waals surface area (Å²) in [5.74, 6) is -0.216. The highest BCUT2D eigenvalue weighted by atomic mass is 35.5. The number of hydrogen-bond donors (Lipinski definition) is 0. The first kappa shape index (κ1) is 14.2. The molecule has 0 N–H and O–H groups in total. The van der Waals surface area contributed by atoms with Gasteiger partial charge >= 0.3 is 0 Å². The molecule has 0 unspecified atom stereocenters. The van der Waals surface area contributed by atoms with Crippen molar-refractivity contribution in [3.05, 3.63) is 29.0 Å². The van der Waals surface area contributed by atoms with Gasteiger partial charge in [0.25, 0.3) is 5.91 Å². The Morgan fingerprint density at radius 1 is 1.32 bits per heavy atom. The van der Waals surface area contributed by atoms with Gasteiger partial charge in [-0.15, -0.1) is 0 Å². The second kappa shape index (κ2) is 5.44. The standard InChI is InChI=1S/C11H14ClN3O3S/c1-19(17,18)15-6-4-14(5-7-15)11(16)9-8-13-3-2-10(9)12/h2-3,8H,4-7H2,1H3. The van der Waals surface area contributed by atoms with Crippen molar-refractivity contribution in [1.29, 1.82) is 0 Å². The third-order valence-corrected chi connectivity index (χ3v) is 4.63. The highest BCUT2D eigenvalue weighted by Gasteiger charge is 2.27. The van der Waals surface area contributed by atoms with E-state index in [1.807, 2.05) is 0 Å². The van der Waals surface area contributed by atoms with E-state index in [-0.39, 0.29) is 5.91 Å². The predicted octanol–water partition coefficient (Wildman–Crippen LogP) is 0.452. The molecule has 1 fully saturated rings. The van der Waals surface area contributed by atoms with Crippen LogP contribution in [-0.2, 0) is 10.0 Å². The Kier molecular flexibility index (Phi) is 4.07. The van der Waals surface area contributed by atoms with Crippen LogP contribution in [0.1, 0.15) is 10.4 Å². The molecule has 0 bridgehead atoms. The van der Waals surface area contributed by atoms with E-state index in [1.165, 1.54) is 23.0 Å². The first-order chi connectivity index (χ1) is 8.89. The first-order valence-electron chi connectivity index (χ1n) is 5.73. The lowest BCUT2D eigenvalue weighted by molar-refractivity contribution is 0.0698. The molecule has 0 aromatic carbocycles. The molecule has 0 atom stereocenters. The summed E-state index contributed by atoms with van der Waals surface area (Å²) >= 11 is 5.95. The summed E-state index contributed by atoms with van der Waals surface area (Å²) in [7, 11) is -3.19. The van der Waals surface area contributed by atoms with Crippen LogP contribution >= 0.6 is 11.6 Å². The molecule has 2 rings (SSSR count). The highest BCUT2D eigenvalue weighted by molar-refractivity contribution is 7.88. The highest BCUT2D eigenvalue weighted by Crippen LogP contribution is 2.17. The molecule has 0 saturated carbocycles. The van der Waals surface area contributed by atoms with E-state index >= 15 is 0 Å². The quantitative estimate of drug-likeness (QED) is 0.795. The lowest BCUT2D eigenvalue weighted by Gasteiger charge is -2.33. The molecular weight excluding hydrogens is 290 g/mol. The minimum atomic E-state index is -3.19. The summed E-state index contributed by atoms with van der Waals surface area (Å²) < 4.78 is 24.1. The number of carbonyl (C=O) groups is 1. The van der Waals surface area contributed by atoms with E-state index in [0.29, 0.717) is 36.8 Å². The van der Waals surface area contributed by atoms with Crippen molar-refractivity contribution in [2.45, 2.75) is 0 Å². The zero-order valence-electron chi connectivity index (χ0n) is 10.4. The molecule has 1 amide bonds. The SMILES string of the molecule is CS(=O)(=O)N1CCN(C(=O)c2cnccc2Cl)CC1. The smallest absolute Gasteiger partial charge is 0.257 e. The maximum atomic E-state index is 12.2. The molecule has 1 saturated heterocycles. The van der Waals surface area contributed by atoms with Crippen molar-refractivity contribution in [3.8, 4) is 0 Å². The zero-order valence-corrected chi connectivity index (χ0v) is 12.0. The molecule has 1 aliphatic rings. The Balaban J connectivity index is 2.07. The molecule has 1 aromatic rings. The van der Waals surface area contributed by atoms with Gasteiger partial charge in [0, 0.05) is 38.6 Å². The maximum Gasteiger partial charge on any atom is 0.257 e. The molecule has 0 aliphatic carbocycles. The number of amides is 1. The Morgan fingerprint density at radius 2 is 1.95 bits per heavy atom. The number of piperazine rings is 1. The number of hydrogen-bond acceptors (Lipinski definition) is 4. The van der Waals surface area contributed by atoms with E-state index in [0.717, 1.165) is 0 Å². The summed E-state index contributed by atoms with van der Waals surface area (Å²) in [4.78, 5) is 17.7. The predicted molar refractivity (Wildman–Crippen MR) is 71.6 cm³/mol. The van der Waals surface area contributed by atoms with Crippen LogP contribution in [0.3, 0.4) is 0 Å². The van der Waals surface area contributed by atoms with E-state index < -0.39 is 10.0 Å². The minimum absolute atomic E-state index is 0.216. The fraction of sp³-hybridized carbons (Fsp3) is 0.455. The second-order valence-electron chi connectivity index (χ2n) is 4.31. The third-order valence-electron chi connectivity index (χ3n) is 2.99. The Bertz CT molecular complexity index is 583. The molecule has 1 aromatic heterocycles. The van der Waals surface area contributed by atoms with E-state index in [9.17, 15) is 13.2 Å². The van der Waals surface area contributed by atoms with Gasteiger partial charge in [0.1, 0.15) is 0 Å². The molecule has 104 valence electrons. The Morgan fingerprint density at radius 3 is 2.47 bits per heavy atom. The van der Waals surface area contributed by atoms with Gasteiger partial charge < -0.3 is 4.90 Å². The van der Waals surface area contributed by atoms with E-state index in [4.69, 9.17) is 11.6 Å². The average Bonchev–Trinajstić information content (AvgIpc) is 2.38. The maximum absolute atomic E-state index is 12.2. The second-order valence-corrected chi connectivity index (χ2v) is 6.70. The van der Waals surface area contributed by atoms with E-state index in [1.54, 1.807) is 11.0 Å². The number of rotatable bonds is 2. The summed E-state index contributed by atoms with van der Waals surface area (Å²) in [5.41, 5.74) is 0.344. The molecule has 1 aliphatic heterocycles. The van der Waals surface area contributed by atoms with Crippen molar-refractivity contribution in [1.82, 2.24) is 14.2 Å². The van der Waals surface area contributed by atoms with Crippen LogP contribution in [0.5, 0.6) is 0 Å². The first-order valence-corrected chi connectivity index (χ1v) is 7.96. The number of aromatic nitrogens is 1. The van der Waals surface area contributed by atoms with Gasteiger partial charge in [-0.05, 0) is 6.07 Å². The van der Waals surface area contributed by atoms with Crippen molar-refractivity contribution < 1.29 is 13.2 Å². The monoisotopic (exact) mass is 303 g/mol. The summed E-state index contributed by atoms with van der Waals surface area (Å²) in [6.45, 7) is 1.33. The van der Waals surface area contributed by atoms with Crippen LogP contribution in [0.15, 0.2) is 18.5 Å². The van der Waals surface area contributed by atoms with Gasteiger partial charge in [-0.25, -0.2) is 8.42 Å². The lowest BCUT2D eigenvalue weighted by atomic mass is 10.2. The number of halogens is 1. The minimum Gasteiger partial charge on any atom is -0.336 e. The van der Waals surface area contributed by atoms with Gasteiger partial charge in [-0.2, -0.15) is 4.31 Å². The van der Waals surface area contributed by atoms with Gasteiger partial charge in [0.05, 0.1) is 16.8 Å². The van der Waals surface area contributed by atoms with Gasteiger partial charge in [0.15, 0.2) is 0 Å². The van der Waals surface area contributed by atoms with E-state index in [2.05, 4.69) is 4.98 Å². The van der Waals surface area contributed by atoms with Crippen molar-refractivity contribution >= 4 is 27.5 Å². The van der Waals surface area contributed by atoms with Crippen LogP contribution < -0.4 is 0 Å². The van der Waals surface area contributed by atoms with Crippen LogP contribution in [-0.4, -0.2) is 60.9 Å². The molecule has 0 radical (unpaired) electrons. The molecule has 8 heteroatoms. The van der Waals surface area contributed by atoms with Crippen LogP contribution in [0.4, 0.5) is 0 Å². The molecule has 6 nitrogen and oxygen atoms in total. The zero-order chi connectivity index (χ0) is 14.0. The fourth-order valence-electron chi connectivity index (χ4n) is 1.93.